The second-order valence-corrected chi connectivity index (χ2v) is 10.7. The van der Waals surface area contributed by atoms with Crippen molar-refractivity contribution in [1.29, 1.82) is 0 Å². The molecule has 30 heavy (non-hydrogen) atoms. The largest absolute Gasteiger partial charge is 0.483 e. The average molecular weight is 430 g/mol. The lowest BCUT2D eigenvalue weighted by molar-refractivity contribution is -0.118. The number of aryl methyl sites for hydroxylation is 2. The molecule has 0 unspecified atom stereocenters. The molecule has 1 N–H and O–H groups in total. The fourth-order valence-electron chi connectivity index (χ4n) is 3.71. The lowest BCUT2D eigenvalue weighted by Gasteiger charge is -2.29. The number of hydrogen-bond donors (Lipinski definition) is 1. The Kier molecular flexibility index (Phi) is 7.19. The predicted molar refractivity (Wildman–Crippen MR) is 125 cm³/mol. The van der Waals surface area contributed by atoms with Gasteiger partial charge < -0.3 is 4.74 Å². The lowest BCUT2D eigenvalue weighted by atomic mass is 9.85. The number of hydrogen-bond acceptors (Lipinski definition) is 5. The third-order valence-electron chi connectivity index (χ3n) is 5.68. The molecule has 0 bridgehead atoms. The smallest absolute Gasteiger partial charge is 0.264 e. The van der Waals surface area contributed by atoms with Crippen LogP contribution in [0.2, 0.25) is 0 Å². The van der Waals surface area contributed by atoms with Crippen molar-refractivity contribution >= 4 is 22.4 Å². The van der Waals surface area contributed by atoms with E-state index in [-0.39, 0.29) is 17.9 Å². The molecule has 1 aliphatic rings. The highest BCUT2D eigenvalue weighted by atomic mass is 32.1. The van der Waals surface area contributed by atoms with Crippen LogP contribution in [0.3, 0.4) is 0 Å². The first-order chi connectivity index (χ1) is 14.1. The summed E-state index contributed by atoms with van der Waals surface area (Å²) in [6.45, 7) is 16.0. The van der Waals surface area contributed by atoms with Crippen LogP contribution in [0.1, 0.15) is 62.2 Å². The maximum atomic E-state index is 12.5. The Labute approximate surface area is 184 Å². The maximum Gasteiger partial charge on any atom is 0.264 e. The summed E-state index contributed by atoms with van der Waals surface area (Å²) in [5.41, 5.74) is 3.25. The first kappa shape index (κ1) is 22.8. The van der Waals surface area contributed by atoms with E-state index in [1.165, 1.54) is 23.3 Å². The SMILES string of the molecule is Cc1ccc(OCC(=O)Nc2nc(C)c(CN3CCC(C)CC3)s2)c(C(C)(C)C)c1. The van der Waals surface area contributed by atoms with E-state index >= 15 is 0 Å². The molecule has 1 aromatic heterocycles. The lowest BCUT2D eigenvalue weighted by Crippen LogP contribution is -2.32. The van der Waals surface area contributed by atoms with E-state index in [2.05, 4.69) is 55.9 Å². The molecule has 6 heteroatoms. The molecule has 0 saturated carbocycles. The van der Waals surface area contributed by atoms with Crippen molar-refractivity contribution in [2.24, 2.45) is 5.92 Å². The number of nitrogens with one attached hydrogen (secondary N) is 1. The van der Waals surface area contributed by atoms with Crippen LogP contribution in [0.5, 0.6) is 5.75 Å². The van der Waals surface area contributed by atoms with Crippen LogP contribution in [-0.2, 0) is 16.8 Å². The Balaban J connectivity index is 1.57. The highest BCUT2D eigenvalue weighted by molar-refractivity contribution is 7.15. The number of piperidine rings is 1. The second-order valence-electron chi connectivity index (χ2n) is 9.57. The van der Waals surface area contributed by atoms with Gasteiger partial charge in [0, 0.05) is 11.4 Å². The predicted octanol–water partition coefficient (Wildman–Crippen LogP) is 5.31. The van der Waals surface area contributed by atoms with Gasteiger partial charge in [0.25, 0.3) is 5.91 Å². The Morgan fingerprint density at radius 3 is 2.63 bits per heavy atom. The Morgan fingerprint density at radius 2 is 1.97 bits per heavy atom. The molecule has 1 amide bonds. The van der Waals surface area contributed by atoms with Crippen molar-refractivity contribution < 1.29 is 9.53 Å². The summed E-state index contributed by atoms with van der Waals surface area (Å²) < 4.78 is 5.88. The number of thiazole rings is 1. The van der Waals surface area contributed by atoms with Gasteiger partial charge in [-0.2, -0.15) is 0 Å². The first-order valence-electron chi connectivity index (χ1n) is 10.8. The van der Waals surface area contributed by atoms with E-state index in [1.807, 2.05) is 19.1 Å². The normalized spacial score (nSPS) is 15.9. The van der Waals surface area contributed by atoms with Crippen LogP contribution in [0.15, 0.2) is 18.2 Å². The van der Waals surface area contributed by atoms with Crippen LogP contribution in [0.25, 0.3) is 0 Å². The van der Waals surface area contributed by atoms with Gasteiger partial charge in [-0.3, -0.25) is 15.0 Å². The van der Waals surface area contributed by atoms with E-state index in [9.17, 15) is 4.79 Å². The monoisotopic (exact) mass is 429 g/mol. The summed E-state index contributed by atoms with van der Waals surface area (Å²) in [6, 6.07) is 6.10. The molecule has 0 radical (unpaired) electrons. The zero-order valence-electron chi connectivity index (χ0n) is 19.2. The number of anilines is 1. The van der Waals surface area contributed by atoms with Crippen molar-refractivity contribution in [2.45, 2.75) is 66.3 Å². The van der Waals surface area contributed by atoms with Gasteiger partial charge in [-0.25, -0.2) is 4.98 Å². The van der Waals surface area contributed by atoms with E-state index < -0.39 is 0 Å². The van der Waals surface area contributed by atoms with Gasteiger partial charge in [0.2, 0.25) is 0 Å². The maximum absolute atomic E-state index is 12.5. The van der Waals surface area contributed by atoms with Crippen molar-refractivity contribution in [2.75, 3.05) is 25.0 Å². The number of rotatable bonds is 6. The van der Waals surface area contributed by atoms with Gasteiger partial charge in [0.15, 0.2) is 11.7 Å². The second kappa shape index (κ2) is 9.48. The third-order valence-corrected chi connectivity index (χ3v) is 6.74. The van der Waals surface area contributed by atoms with E-state index in [0.717, 1.165) is 42.6 Å². The van der Waals surface area contributed by atoms with E-state index in [1.54, 1.807) is 11.3 Å². The number of nitrogens with zero attached hydrogens (tertiary/aromatic N) is 2. The molecular formula is C24H35N3O2S. The van der Waals surface area contributed by atoms with Crippen LogP contribution >= 0.6 is 11.3 Å². The zero-order valence-corrected chi connectivity index (χ0v) is 20.0. The molecule has 1 aliphatic heterocycles. The molecule has 2 aromatic rings. The molecule has 2 heterocycles. The summed E-state index contributed by atoms with van der Waals surface area (Å²) in [7, 11) is 0. The topological polar surface area (TPSA) is 54.5 Å². The number of benzene rings is 1. The number of ether oxygens (including phenoxy) is 1. The van der Waals surface area contributed by atoms with Crippen LogP contribution in [-0.4, -0.2) is 35.5 Å². The Bertz CT molecular complexity index is 877. The van der Waals surface area contributed by atoms with Crippen molar-refractivity contribution in [3.63, 3.8) is 0 Å². The minimum absolute atomic E-state index is 0.0237. The number of amides is 1. The van der Waals surface area contributed by atoms with Gasteiger partial charge in [-0.05, 0) is 62.7 Å². The van der Waals surface area contributed by atoms with Crippen molar-refractivity contribution in [3.05, 3.63) is 39.9 Å². The quantitative estimate of drug-likeness (QED) is 0.676. The Hall–Kier alpha value is -1.92. The van der Waals surface area contributed by atoms with E-state index in [4.69, 9.17) is 4.74 Å². The number of carbonyl (C=O) groups is 1. The van der Waals surface area contributed by atoms with Crippen molar-refractivity contribution in [1.82, 2.24) is 9.88 Å². The Morgan fingerprint density at radius 1 is 1.27 bits per heavy atom. The molecule has 1 fully saturated rings. The van der Waals surface area contributed by atoms with Crippen LogP contribution < -0.4 is 10.1 Å². The fourth-order valence-corrected chi connectivity index (χ4v) is 4.73. The third kappa shape index (κ3) is 6.05. The molecule has 1 aromatic carbocycles. The molecule has 0 atom stereocenters. The summed E-state index contributed by atoms with van der Waals surface area (Å²) in [4.78, 5) is 20.8. The van der Waals surface area contributed by atoms with Crippen LogP contribution in [0.4, 0.5) is 5.13 Å². The molecule has 1 saturated heterocycles. The number of likely N-dealkylation sites (tertiary alicyclic amines) is 1. The highest BCUT2D eigenvalue weighted by Gasteiger charge is 2.21. The summed E-state index contributed by atoms with van der Waals surface area (Å²) >= 11 is 1.57. The van der Waals surface area contributed by atoms with Crippen LogP contribution in [0, 0.1) is 19.8 Å². The summed E-state index contributed by atoms with van der Waals surface area (Å²) in [6.07, 6.45) is 2.52. The summed E-state index contributed by atoms with van der Waals surface area (Å²) in [5.74, 6) is 1.41. The molecule has 3 rings (SSSR count). The molecular weight excluding hydrogens is 394 g/mol. The first-order valence-corrected chi connectivity index (χ1v) is 11.7. The summed E-state index contributed by atoms with van der Waals surface area (Å²) in [5, 5.41) is 3.57. The van der Waals surface area contributed by atoms with Gasteiger partial charge >= 0.3 is 0 Å². The fraction of sp³-hybridized carbons (Fsp3) is 0.583. The molecule has 0 aliphatic carbocycles. The van der Waals surface area contributed by atoms with Gasteiger partial charge in [-0.15, -0.1) is 11.3 Å². The number of carbonyl (C=O) groups excluding carboxylic acids is 1. The average Bonchev–Trinajstić information content (AvgIpc) is 3.00. The highest BCUT2D eigenvalue weighted by Crippen LogP contribution is 2.32. The molecule has 164 valence electrons. The van der Waals surface area contributed by atoms with Gasteiger partial charge in [0.1, 0.15) is 5.75 Å². The van der Waals surface area contributed by atoms with Gasteiger partial charge in [-0.1, -0.05) is 45.4 Å². The molecule has 5 nitrogen and oxygen atoms in total. The van der Waals surface area contributed by atoms with Gasteiger partial charge in [0.05, 0.1) is 5.69 Å². The zero-order chi connectivity index (χ0) is 21.9. The van der Waals surface area contributed by atoms with E-state index in [0.29, 0.717) is 5.13 Å². The minimum atomic E-state index is -0.178. The minimum Gasteiger partial charge on any atom is -0.483 e. The number of aromatic nitrogens is 1. The van der Waals surface area contributed by atoms with Crippen molar-refractivity contribution in [3.8, 4) is 5.75 Å². The standard InChI is InChI=1S/C24H35N3O2S/c1-16-9-11-27(12-10-16)14-21-18(3)25-23(30-21)26-22(28)15-29-20-8-7-17(2)13-19(20)24(4,5)6/h7-8,13,16H,9-12,14-15H2,1-6H3,(H,25,26,28). The molecule has 0 spiro atoms.